The number of ether oxygens (including phenoxy) is 1. The number of piperidine rings is 2. The number of amides is 2. The zero-order valence-corrected chi connectivity index (χ0v) is 17.2. The van der Waals surface area contributed by atoms with Gasteiger partial charge in [-0.3, -0.25) is 9.69 Å². The minimum absolute atomic E-state index is 0.0475. The fraction of sp³-hybridized carbons (Fsp3) is 0.900. The third kappa shape index (κ3) is 6.45. The predicted molar refractivity (Wildman–Crippen MR) is 103 cm³/mol. The molecule has 0 aliphatic carbocycles. The van der Waals surface area contributed by atoms with Crippen molar-refractivity contribution < 1.29 is 14.3 Å². The molecule has 26 heavy (non-hydrogen) atoms. The van der Waals surface area contributed by atoms with Crippen molar-refractivity contribution in [1.29, 1.82) is 0 Å². The number of hydrogen-bond acceptors (Lipinski definition) is 4. The highest BCUT2D eigenvalue weighted by atomic mass is 16.6. The van der Waals surface area contributed by atoms with Crippen LogP contribution >= 0.6 is 0 Å². The summed E-state index contributed by atoms with van der Waals surface area (Å²) in [5.74, 6) is 1.39. The second-order valence-electron chi connectivity index (χ2n) is 9.18. The van der Waals surface area contributed by atoms with Crippen molar-refractivity contribution in [3.63, 3.8) is 0 Å². The highest BCUT2D eigenvalue weighted by molar-refractivity contribution is 5.85. The molecule has 2 aliphatic heterocycles. The van der Waals surface area contributed by atoms with Crippen molar-refractivity contribution in [3.05, 3.63) is 0 Å². The van der Waals surface area contributed by atoms with E-state index >= 15 is 0 Å². The maximum absolute atomic E-state index is 12.7. The zero-order chi connectivity index (χ0) is 19.3. The number of hydrogen-bond donors (Lipinski definition) is 1. The molecule has 0 bridgehead atoms. The van der Waals surface area contributed by atoms with Crippen molar-refractivity contribution in [2.45, 2.75) is 71.9 Å². The normalized spacial score (nSPS) is 27.9. The molecule has 2 aliphatic rings. The molecule has 1 N–H and O–H groups in total. The van der Waals surface area contributed by atoms with E-state index in [-0.39, 0.29) is 12.0 Å². The van der Waals surface area contributed by atoms with E-state index in [1.54, 1.807) is 4.90 Å². The van der Waals surface area contributed by atoms with E-state index in [1.165, 1.54) is 6.42 Å². The zero-order valence-electron chi connectivity index (χ0n) is 17.2. The molecule has 6 heteroatoms. The summed E-state index contributed by atoms with van der Waals surface area (Å²) in [6, 6.07) is -0.405. The van der Waals surface area contributed by atoms with Crippen LogP contribution in [-0.4, -0.2) is 66.2 Å². The van der Waals surface area contributed by atoms with Gasteiger partial charge in [0, 0.05) is 32.7 Å². The number of carbonyl (C=O) groups is 2. The lowest BCUT2D eigenvalue weighted by molar-refractivity contribution is -0.127. The molecule has 2 heterocycles. The van der Waals surface area contributed by atoms with Gasteiger partial charge in [-0.15, -0.1) is 0 Å². The first-order valence-electron chi connectivity index (χ1n) is 10.2. The summed E-state index contributed by atoms with van der Waals surface area (Å²) >= 11 is 0. The summed E-state index contributed by atoms with van der Waals surface area (Å²) < 4.78 is 5.48. The van der Waals surface area contributed by atoms with Crippen LogP contribution in [0.15, 0.2) is 0 Å². The topological polar surface area (TPSA) is 61.9 Å². The monoisotopic (exact) mass is 367 g/mol. The lowest BCUT2D eigenvalue weighted by Gasteiger charge is -2.36. The summed E-state index contributed by atoms with van der Waals surface area (Å²) in [5.41, 5.74) is -0.544. The van der Waals surface area contributed by atoms with E-state index in [4.69, 9.17) is 4.74 Å². The number of likely N-dealkylation sites (tertiary alicyclic amines) is 2. The Morgan fingerprint density at radius 2 is 1.77 bits per heavy atom. The fourth-order valence-corrected chi connectivity index (χ4v) is 4.17. The maximum atomic E-state index is 12.7. The van der Waals surface area contributed by atoms with Gasteiger partial charge in [0.2, 0.25) is 5.91 Å². The first-order chi connectivity index (χ1) is 12.2. The Kier molecular flexibility index (Phi) is 7.33. The number of rotatable bonds is 4. The Labute approximate surface area is 158 Å². The van der Waals surface area contributed by atoms with Gasteiger partial charge in [0.05, 0.1) is 0 Å². The first kappa shape index (κ1) is 21.0. The van der Waals surface area contributed by atoms with Gasteiger partial charge >= 0.3 is 6.09 Å². The van der Waals surface area contributed by atoms with Gasteiger partial charge in [-0.2, -0.15) is 0 Å². The Bertz CT molecular complexity index is 479. The molecule has 0 spiro atoms. The average Bonchev–Trinajstić information content (AvgIpc) is 2.52. The Morgan fingerprint density at radius 3 is 2.38 bits per heavy atom. The van der Waals surface area contributed by atoms with E-state index < -0.39 is 11.6 Å². The fourth-order valence-electron chi connectivity index (χ4n) is 4.17. The van der Waals surface area contributed by atoms with Gasteiger partial charge in [0.1, 0.15) is 11.6 Å². The Hall–Kier alpha value is -1.30. The third-order valence-electron chi connectivity index (χ3n) is 5.11. The SMILES string of the molecule is CC1CC(C)CN(CCNC(=O)C2CCCCN2C(=O)OC(C)(C)C)C1. The molecule has 0 aromatic carbocycles. The van der Waals surface area contributed by atoms with Crippen LogP contribution in [0.2, 0.25) is 0 Å². The van der Waals surface area contributed by atoms with Crippen LogP contribution in [0.4, 0.5) is 4.79 Å². The van der Waals surface area contributed by atoms with Crippen molar-refractivity contribution in [2.24, 2.45) is 11.8 Å². The van der Waals surface area contributed by atoms with Crippen molar-refractivity contribution in [1.82, 2.24) is 15.1 Å². The molecule has 0 saturated carbocycles. The van der Waals surface area contributed by atoms with E-state index in [0.29, 0.717) is 19.5 Å². The van der Waals surface area contributed by atoms with Crippen LogP contribution < -0.4 is 5.32 Å². The minimum atomic E-state index is -0.544. The number of carbonyl (C=O) groups excluding carboxylic acids is 2. The van der Waals surface area contributed by atoms with Gasteiger partial charge < -0.3 is 15.0 Å². The van der Waals surface area contributed by atoms with Gasteiger partial charge in [0.15, 0.2) is 0 Å². The Balaban J connectivity index is 1.83. The number of nitrogens with zero attached hydrogens (tertiary/aromatic N) is 2. The minimum Gasteiger partial charge on any atom is -0.444 e. The van der Waals surface area contributed by atoms with Gasteiger partial charge in [-0.1, -0.05) is 13.8 Å². The van der Waals surface area contributed by atoms with Gasteiger partial charge in [-0.05, 0) is 58.3 Å². The van der Waals surface area contributed by atoms with Crippen LogP contribution in [-0.2, 0) is 9.53 Å². The Morgan fingerprint density at radius 1 is 1.12 bits per heavy atom. The summed E-state index contributed by atoms with van der Waals surface area (Å²) in [7, 11) is 0. The molecule has 3 atom stereocenters. The second kappa shape index (κ2) is 9.07. The van der Waals surface area contributed by atoms with E-state index in [0.717, 1.165) is 44.3 Å². The first-order valence-corrected chi connectivity index (χ1v) is 10.2. The highest BCUT2D eigenvalue weighted by Gasteiger charge is 2.34. The van der Waals surface area contributed by atoms with Crippen LogP contribution in [0.25, 0.3) is 0 Å². The quantitative estimate of drug-likeness (QED) is 0.830. The average molecular weight is 368 g/mol. The molecule has 2 amide bonds. The van der Waals surface area contributed by atoms with Crippen LogP contribution in [0.5, 0.6) is 0 Å². The van der Waals surface area contributed by atoms with Gasteiger partial charge in [-0.25, -0.2) is 4.79 Å². The van der Waals surface area contributed by atoms with Crippen LogP contribution in [0.1, 0.15) is 60.3 Å². The molecule has 3 unspecified atom stereocenters. The molecular formula is C20H37N3O3. The summed E-state index contributed by atoms with van der Waals surface area (Å²) in [6.07, 6.45) is 3.51. The smallest absolute Gasteiger partial charge is 0.410 e. The molecule has 0 aromatic heterocycles. The lowest BCUT2D eigenvalue weighted by atomic mass is 9.92. The van der Waals surface area contributed by atoms with Crippen LogP contribution in [0.3, 0.4) is 0 Å². The van der Waals surface area contributed by atoms with Gasteiger partial charge in [0.25, 0.3) is 0 Å². The molecule has 150 valence electrons. The summed E-state index contributed by atoms with van der Waals surface area (Å²) in [4.78, 5) is 29.1. The molecule has 6 nitrogen and oxygen atoms in total. The van der Waals surface area contributed by atoms with E-state index in [1.807, 2.05) is 20.8 Å². The summed E-state index contributed by atoms with van der Waals surface area (Å²) in [5, 5.41) is 3.05. The van der Waals surface area contributed by atoms with E-state index in [9.17, 15) is 9.59 Å². The van der Waals surface area contributed by atoms with Crippen molar-refractivity contribution in [2.75, 3.05) is 32.7 Å². The molecule has 2 fully saturated rings. The molecule has 2 saturated heterocycles. The maximum Gasteiger partial charge on any atom is 0.410 e. The third-order valence-corrected chi connectivity index (χ3v) is 5.11. The largest absolute Gasteiger partial charge is 0.444 e. The second-order valence-corrected chi connectivity index (χ2v) is 9.18. The lowest BCUT2D eigenvalue weighted by Crippen LogP contribution is -2.54. The molecule has 2 rings (SSSR count). The van der Waals surface area contributed by atoms with Crippen molar-refractivity contribution >= 4 is 12.0 Å². The standard InChI is InChI=1S/C20H37N3O3/c1-15-12-16(2)14-22(13-15)11-9-21-18(24)17-8-6-7-10-23(17)19(25)26-20(3,4)5/h15-17H,6-14H2,1-5H3,(H,21,24). The summed E-state index contributed by atoms with van der Waals surface area (Å²) in [6.45, 7) is 14.5. The highest BCUT2D eigenvalue weighted by Crippen LogP contribution is 2.21. The number of nitrogens with one attached hydrogen (secondary N) is 1. The molecule has 0 radical (unpaired) electrons. The van der Waals surface area contributed by atoms with Crippen LogP contribution in [0, 0.1) is 11.8 Å². The predicted octanol–water partition coefficient (Wildman–Crippen LogP) is 2.87. The molecular weight excluding hydrogens is 330 g/mol. The van der Waals surface area contributed by atoms with E-state index in [2.05, 4.69) is 24.1 Å². The molecule has 0 aromatic rings. The van der Waals surface area contributed by atoms with Crippen molar-refractivity contribution in [3.8, 4) is 0 Å².